The molecule has 1 aliphatic heterocycles. The fourth-order valence-electron chi connectivity index (χ4n) is 5.30. The Morgan fingerprint density at radius 1 is 0.955 bits per heavy atom. The molecule has 2 atom stereocenters. The van der Waals surface area contributed by atoms with E-state index in [9.17, 15) is 18.7 Å². The van der Waals surface area contributed by atoms with Crippen molar-refractivity contribution in [3.8, 4) is 17.1 Å². The minimum absolute atomic E-state index is 0.00429. The molecule has 0 spiro atoms. The quantitative estimate of drug-likeness (QED) is 0.181. The molecule has 0 aliphatic carbocycles. The summed E-state index contributed by atoms with van der Waals surface area (Å²) in [6.45, 7) is 2.47. The number of aromatic nitrogens is 3. The molecule has 3 heterocycles. The van der Waals surface area contributed by atoms with Crippen molar-refractivity contribution in [1.29, 1.82) is 0 Å². The van der Waals surface area contributed by atoms with Gasteiger partial charge < -0.3 is 19.1 Å². The Morgan fingerprint density at radius 2 is 1.75 bits per heavy atom. The summed E-state index contributed by atoms with van der Waals surface area (Å²) < 4.78 is 72.5. The van der Waals surface area contributed by atoms with Gasteiger partial charge in [0.2, 0.25) is 0 Å². The molecule has 2 aromatic heterocycles. The number of halogens is 5. The average molecular weight is 626 g/mol. The summed E-state index contributed by atoms with van der Waals surface area (Å²) in [5.74, 6) is -4.20. The molecule has 44 heavy (non-hydrogen) atoms. The normalized spacial score (nSPS) is 16.5. The SMILES string of the molecule is C[C@H]1COC[C@H]1n1c(Cc2cc(F)c(-c3ccc(F)c(OCc4ccc(Cl)cc4F)n3)cc2F)nc2ccc(C(=O)O)cc21. The number of pyridine rings is 1. The van der Waals surface area contributed by atoms with E-state index in [4.69, 9.17) is 21.1 Å². The van der Waals surface area contributed by atoms with E-state index in [1.165, 1.54) is 30.3 Å². The second-order valence-electron chi connectivity index (χ2n) is 10.6. The first kappa shape index (κ1) is 29.6. The van der Waals surface area contributed by atoms with Gasteiger partial charge in [0.25, 0.3) is 5.88 Å². The number of carbonyl (C=O) groups is 1. The number of imidazole rings is 1. The number of hydrogen-bond acceptors (Lipinski definition) is 5. The van der Waals surface area contributed by atoms with Gasteiger partial charge in [0.15, 0.2) is 5.82 Å². The van der Waals surface area contributed by atoms with Gasteiger partial charge in [-0.2, -0.15) is 0 Å². The Kier molecular flexibility index (Phi) is 8.00. The molecule has 226 valence electrons. The maximum absolute atomic E-state index is 15.5. The summed E-state index contributed by atoms with van der Waals surface area (Å²) in [4.78, 5) is 20.3. The average Bonchev–Trinajstić information content (AvgIpc) is 3.56. The molecule has 5 aromatic rings. The van der Waals surface area contributed by atoms with Crippen molar-refractivity contribution in [3.63, 3.8) is 0 Å². The van der Waals surface area contributed by atoms with Crippen molar-refractivity contribution in [2.45, 2.75) is 26.0 Å². The van der Waals surface area contributed by atoms with Crippen LogP contribution in [0.4, 0.5) is 17.6 Å². The molecular formula is C32H24ClF4N3O4. The molecule has 0 saturated carbocycles. The fourth-order valence-corrected chi connectivity index (χ4v) is 5.46. The molecule has 0 unspecified atom stereocenters. The van der Waals surface area contributed by atoms with E-state index in [1.807, 2.05) is 11.5 Å². The number of carboxylic acids is 1. The molecule has 12 heteroatoms. The largest absolute Gasteiger partial charge is 0.478 e. The number of fused-ring (bicyclic) bond motifs is 1. The third-order valence-electron chi connectivity index (χ3n) is 7.62. The maximum atomic E-state index is 15.5. The summed E-state index contributed by atoms with van der Waals surface area (Å²) in [6.07, 6.45) is -0.0960. The predicted octanol–water partition coefficient (Wildman–Crippen LogP) is 7.38. The number of hydrogen-bond donors (Lipinski definition) is 1. The van der Waals surface area contributed by atoms with E-state index in [0.717, 1.165) is 24.3 Å². The lowest BCUT2D eigenvalue weighted by Gasteiger charge is -2.20. The molecule has 1 fully saturated rings. The molecule has 0 bridgehead atoms. The molecule has 0 amide bonds. The van der Waals surface area contributed by atoms with Gasteiger partial charge in [-0.25, -0.2) is 32.3 Å². The van der Waals surface area contributed by atoms with E-state index in [2.05, 4.69) is 9.97 Å². The van der Waals surface area contributed by atoms with Gasteiger partial charge in [0.1, 0.15) is 29.9 Å². The van der Waals surface area contributed by atoms with Gasteiger partial charge in [-0.3, -0.25) is 0 Å². The minimum atomic E-state index is -1.10. The maximum Gasteiger partial charge on any atom is 0.335 e. The summed E-state index contributed by atoms with van der Waals surface area (Å²) in [5, 5.41) is 9.70. The zero-order valence-corrected chi connectivity index (χ0v) is 23.9. The summed E-state index contributed by atoms with van der Waals surface area (Å²) in [5.41, 5.74) is 0.935. The van der Waals surface area contributed by atoms with Crippen LogP contribution in [0.25, 0.3) is 22.3 Å². The lowest BCUT2D eigenvalue weighted by Crippen LogP contribution is -2.18. The first-order valence-electron chi connectivity index (χ1n) is 13.6. The van der Waals surface area contributed by atoms with E-state index in [0.29, 0.717) is 30.1 Å². The highest BCUT2D eigenvalue weighted by Crippen LogP contribution is 2.34. The topological polar surface area (TPSA) is 86.5 Å². The van der Waals surface area contributed by atoms with Gasteiger partial charge >= 0.3 is 5.97 Å². The molecule has 3 aromatic carbocycles. The molecule has 1 N–H and O–H groups in total. The predicted molar refractivity (Wildman–Crippen MR) is 154 cm³/mol. The van der Waals surface area contributed by atoms with Crippen LogP contribution in [0.2, 0.25) is 5.02 Å². The summed E-state index contributed by atoms with van der Waals surface area (Å²) in [7, 11) is 0. The Morgan fingerprint density at radius 3 is 2.48 bits per heavy atom. The second-order valence-corrected chi connectivity index (χ2v) is 11.0. The van der Waals surface area contributed by atoms with Gasteiger partial charge in [-0.05, 0) is 60.2 Å². The van der Waals surface area contributed by atoms with Crippen molar-refractivity contribution >= 4 is 28.6 Å². The fraction of sp³-hybridized carbons (Fsp3) is 0.219. The molecular weight excluding hydrogens is 602 g/mol. The van der Waals surface area contributed by atoms with Crippen LogP contribution in [-0.2, 0) is 17.8 Å². The van der Waals surface area contributed by atoms with Crippen molar-refractivity contribution in [2.75, 3.05) is 13.2 Å². The van der Waals surface area contributed by atoms with Crippen LogP contribution in [0, 0.1) is 29.2 Å². The van der Waals surface area contributed by atoms with E-state index >= 15 is 8.78 Å². The first-order valence-corrected chi connectivity index (χ1v) is 14.0. The molecule has 6 rings (SSSR count). The Labute approximate surface area is 253 Å². The van der Waals surface area contributed by atoms with E-state index in [1.54, 1.807) is 6.07 Å². The van der Waals surface area contributed by atoms with Crippen LogP contribution in [0.1, 0.15) is 40.3 Å². The minimum Gasteiger partial charge on any atom is -0.478 e. The Hall–Kier alpha value is -4.48. The number of carboxylic acid groups (broad SMARTS) is 1. The van der Waals surface area contributed by atoms with Gasteiger partial charge in [-0.15, -0.1) is 0 Å². The van der Waals surface area contributed by atoms with Crippen LogP contribution in [0.5, 0.6) is 5.88 Å². The zero-order valence-electron chi connectivity index (χ0n) is 23.2. The van der Waals surface area contributed by atoms with E-state index < -0.39 is 35.1 Å². The van der Waals surface area contributed by atoms with Crippen molar-refractivity contribution in [3.05, 3.63) is 111 Å². The standard InChI is InChI=1S/C32H24ClF4N3O4/c1-16-13-43-15-29(16)40-28-9-17(32(41)42)3-6-27(28)38-30(40)10-19-8-25(37)21(12-24(19)36)26-7-5-22(34)31(39-26)44-14-18-2-4-20(33)11-23(18)35/h2-9,11-12,16,29H,10,13-15H2,1H3,(H,41,42)/t16-,29+/m0/s1. The highest BCUT2D eigenvalue weighted by atomic mass is 35.5. The highest BCUT2D eigenvalue weighted by Gasteiger charge is 2.30. The van der Waals surface area contributed by atoms with Crippen molar-refractivity contribution in [1.82, 2.24) is 14.5 Å². The number of aromatic carboxylic acids is 1. The Bertz CT molecular complexity index is 1920. The molecule has 7 nitrogen and oxygen atoms in total. The number of nitrogens with zero attached hydrogens (tertiary/aromatic N) is 3. The monoisotopic (exact) mass is 625 g/mol. The lowest BCUT2D eigenvalue weighted by molar-refractivity contribution is 0.0697. The molecule has 1 aliphatic rings. The van der Waals surface area contributed by atoms with Gasteiger partial charge in [-0.1, -0.05) is 24.6 Å². The Balaban J connectivity index is 1.32. The highest BCUT2D eigenvalue weighted by molar-refractivity contribution is 6.30. The van der Waals surface area contributed by atoms with E-state index in [-0.39, 0.29) is 58.0 Å². The smallest absolute Gasteiger partial charge is 0.335 e. The van der Waals surface area contributed by atoms with Crippen LogP contribution in [0.15, 0.2) is 60.7 Å². The zero-order chi connectivity index (χ0) is 31.1. The number of benzene rings is 3. The van der Waals surface area contributed by atoms with Crippen LogP contribution in [0.3, 0.4) is 0 Å². The molecule has 1 saturated heterocycles. The summed E-state index contributed by atoms with van der Waals surface area (Å²) >= 11 is 5.76. The van der Waals surface area contributed by atoms with Gasteiger partial charge in [0.05, 0.1) is 41.5 Å². The molecule has 0 radical (unpaired) electrons. The van der Waals surface area contributed by atoms with Crippen LogP contribution >= 0.6 is 11.6 Å². The van der Waals surface area contributed by atoms with Crippen molar-refractivity contribution in [2.24, 2.45) is 5.92 Å². The van der Waals surface area contributed by atoms with Crippen LogP contribution in [-0.4, -0.2) is 38.8 Å². The first-order chi connectivity index (χ1) is 21.1. The summed E-state index contributed by atoms with van der Waals surface area (Å²) in [6, 6.07) is 12.4. The number of ether oxygens (including phenoxy) is 2. The lowest BCUT2D eigenvalue weighted by atomic mass is 10.0. The second kappa shape index (κ2) is 11.9. The third-order valence-corrected chi connectivity index (χ3v) is 7.86. The third kappa shape index (κ3) is 5.72. The van der Waals surface area contributed by atoms with Crippen LogP contribution < -0.4 is 4.74 Å². The number of rotatable bonds is 8. The van der Waals surface area contributed by atoms with Crippen molar-refractivity contribution < 1.29 is 36.9 Å². The van der Waals surface area contributed by atoms with Gasteiger partial charge in [0, 0.05) is 28.5 Å².